The molecular weight excluding hydrogens is 290 g/mol. The molecule has 9 heteroatoms. The quantitative estimate of drug-likeness (QED) is 0.610. The van der Waals surface area contributed by atoms with Crippen LogP contribution < -0.4 is 5.32 Å². The van der Waals surface area contributed by atoms with Crippen LogP contribution in [0.5, 0.6) is 0 Å². The van der Waals surface area contributed by atoms with Crippen LogP contribution in [0, 0.1) is 17.0 Å². The summed E-state index contributed by atoms with van der Waals surface area (Å²) < 4.78 is 6.53. The van der Waals surface area contributed by atoms with Gasteiger partial charge in [0.15, 0.2) is 0 Å². The number of nitrogens with one attached hydrogen (secondary N) is 1. The van der Waals surface area contributed by atoms with Gasteiger partial charge in [0, 0.05) is 32.7 Å². The Morgan fingerprint density at radius 1 is 1.50 bits per heavy atom. The Balaban J connectivity index is 2.04. The smallest absolute Gasteiger partial charge is 0.322 e. The number of nitro groups is 1. The highest BCUT2D eigenvalue weighted by Gasteiger charge is 2.30. The molecule has 1 aromatic rings. The number of aromatic nitrogens is 2. The molecular formula is C13H21N5O4. The molecule has 0 radical (unpaired) electrons. The highest BCUT2D eigenvalue weighted by atomic mass is 16.6. The second-order valence-electron chi connectivity index (χ2n) is 5.45. The fraction of sp³-hybridized carbons (Fsp3) is 0.692. The van der Waals surface area contributed by atoms with Crippen molar-refractivity contribution in [3.05, 3.63) is 21.5 Å². The summed E-state index contributed by atoms with van der Waals surface area (Å²) in [7, 11) is 1.53. The van der Waals surface area contributed by atoms with Crippen molar-refractivity contribution in [3.63, 3.8) is 0 Å². The van der Waals surface area contributed by atoms with Gasteiger partial charge in [0.1, 0.15) is 5.69 Å². The molecule has 22 heavy (non-hydrogen) atoms. The third-order valence-corrected chi connectivity index (χ3v) is 3.60. The van der Waals surface area contributed by atoms with E-state index in [1.54, 1.807) is 0 Å². The molecule has 1 aliphatic rings. The van der Waals surface area contributed by atoms with Crippen molar-refractivity contribution in [2.24, 2.45) is 7.05 Å². The number of ether oxygens (including phenoxy) is 1. The summed E-state index contributed by atoms with van der Waals surface area (Å²) in [6.45, 7) is 7.10. The molecule has 2 rings (SSSR count). The zero-order valence-electron chi connectivity index (χ0n) is 13.0. The standard InChI is InChI=1S/C13H21N5O4/c1-9(8-17-4-6-22-7-5-17)14-13(19)12-11(18(20)21)10(2)15-16(12)3/h9H,4-8H2,1-3H3,(H,14,19)/t9-/m1/s1. The highest BCUT2D eigenvalue weighted by molar-refractivity contribution is 5.97. The first kappa shape index (κ1) is 16.4. The van der Waals surface area contributed by atoms with E-state index in [0.717, 1.165) is 13.1 Å². The van der Waals surface area contributed by atoms with Gasteiger partial charge in [0.25, 0.3) is 5.91 Å². The number of aryl methyl sites for hydroxylation is 2. The van der Waals surface area contributed by atoms with Crippen molar-refractivity contribution >= 4 is 11.6 Å². The lowest BCUT2D eigenvalue weighted by atomic mass is 10.2. The van der Waals surface area contributed by atoms with Gasteiger partial charge >= 0.3 is 5.69 Å². The first-order chi connectivity index (χ1) is 10.4. The molecule has 9 nitrogen and oxygen atoms in total. The minimum absolute atomic E-state index is 0.0173. The summed E-state index contributed by atoms with van der Waals surface area (Å²) in [5, 5.41) is 17.9. The largest absolute Gasteiger partial charge is 0.379 e. The van der Waals surface area contributed by atoms with Crippen molar-refractivity contribution in [2.75, 3.05) is 32.8 Å². The van der Waals surface area contributed by atoms with Crippen LogP contribution in [0.1, 0.15) is 23.1 Å². The molecule has 1 amide bonds. The minimum Gasteiger partial charge on any atom is -0.379 e. The molecule has 1 aliphatic heterocycles. The van der Waals surface area contributed by atoms with Crippen LogP contribution in [0.25, 0.3) is 0 Å². The number of hydrogen-bond donors (Lipinski definition) is 1. The van der Waals surface area contributed by atoms with E-state index in [2.05, 4.69) is 15.3 Å². The maximum Gasteiger partial charge on any atom is 0.322 e. The number of carbonyl (C=O) groups excluding carboxylic acids is 1. The topological polar surface area (TPSA) is 103 Å². The first-order valence-electron chi connectivity index (χ1n) is 7.19. The summed E-state index contributed by atoms with van der Waals surface area (Å²) in [4.78, 5) is 25.1. The van der Waals surface area contributed by atoms with Gasteiger partial charge in [0.2, 0.25) is 5.69 Å². The van der Waals surface area contributed by atoms with Crippen LogP contribution in [-0.2, 0) is 11.8 Å². The molecule has 1 N–H and O–H groups in total. The minimum atomic E-state index is -0.566. The number of amides is 1. The average molecular weight is 311 g/mol. The van der Waals surface area contributed by atoms with Crippen molar-refractivity contribution in [3.8, 4) is 0 Å². The van der Waals surface area contributed by atoms with E-state index in [9.17, 15) is 14.9 Å². The van der Waals surface area contributed by atoms with Crippen molar-refractivity contribution in [1.29, 1.82) is 0 Å². The van der Waals surface area contributed by atoms with Crippen LogP contribution >= 0.6 is 0 Å². The van der Waals surface area contributed by atoms with Gasteiger partial charge in [-0.15, -0.1) is 0 Å². The maximum atomic E-state index is 12.3. The zero-order chi connectivity index (χ0) is 16.3. The van der Waals surface area contributed by atoms with Gasteiger partial charge in [-0.05, 0) is 13.8 Å². The third kappa shape index (κ3) is 3.60. The van der Waals surface area contributed by atoms with E-state index in [4.69, 9.17) is 4.74 Å². The van der Waals surface area contributed by atoms with Crippen molar-refractivity contribution in [2.45, 2.75) is 19.9 Å². The van der Waals surface area contributed by atoms with Crippen LogP contribution in [0.3, 0.4) is 0 Å². The van der Waals surface area contributed by atoms with Gasteiger partial charge in [-0.1, -0.05) is 0 Å². The number of morpholine rings is 1. The lowest BCUT2D eigenvalue weighted by Crippen LogP contribution is -2.46. The molecule has 0 aromatic carbocycles. The zero-order valence-corrected chi connectivity index (χ0v) is 13.0. The van der Waals surface area contributed by atoms with E-state index in [0.29, 0.717) is 19.8 Å². The number of hydrogen-bond acceptors (Lipinski definition) is 6. The number of carbonyl (C=O) groups is 1. The van der Waals surface area contributed by atoms with E-state index in [1.165, 1.54) is 18.7 Å². The SMILES string of the molecule is Cc1nn(C)c(C(=O)N[C@H](C)CN2CCOCC2)c1[N+](=O)[O-]. The molecule has 122 valence electrons. The number of nitrogens with zero attached hydrogens (tertiary/aromatic N) is 4. The monoisotopic (exact) mass is 311 g/mol. The fourth-order valence-corrected chi connectivity index (χ4v) is 2.63. The van der Waals surface area contributed by atoms with E-state index in [1.807, 2.05) is 6.92 Å². The van der Waals surface area contributed by atoms with Crippen LogP contribution in [0.4, 0.5) is 5.69 Å². The molecule has 0 aliphatic carbocycles. The number of rotatable bonds is 5. The van der Waals surface area contributed by atoms with Crippen LogP contribution in [0.15, 0.2) is 0 Å². The van der Waals surface area contributed by atoms with Gasteiger partial charge in [0.05, 0.1) is 18.1 Å². The van der Waals surface area contributed by atoms with Gasteiger partial charge < -0.3 is 10.1 Å². The molecule has 1 fully saturated rings. The lowest BCUT2D eigenvalue weighted by molar-refractivity contribution is -0.385. The second-order valence-corrected chi connectivity index (χ2v) is 5.45. The van der Waals surface area contributed by atoms with Gasteiger partial charge in [-0.25, -0.2) is 0 Å². The fourth-order valence-electron chi connectivity index (χ4n) is 2.63. The Hall–Kier alpha value is -2.00. The Morgan fingerprint density at radius 2 is 2.14 bits per heavy atom. The average Bonchev–Trinajstić information content (AvgIpc) is 2.74. The Morgan fingerprint density at radius 3 is 2.73 bits per heavy atom. The molecule has 1 atom stereocenters. The van der Waals surface area contributed by atoms with E-state index in [-0.39, 0.29) is 23.1 Å². The lowest BCUT2D eigenvalue weighted by Gasteiger charge is -2.29. The Kier molecular flexibility index (Phi) is 5.09. The summed E-state index contributed by atoms with van der Waals surface area (Å²) in [6, 6.07) is -0.125. The molecule has 0 spiro atoms. The van der Waals surface area contributed by atoms with E-state index < -0.39 is 10.8 Å². The molecule has 0 unspecified atom stereocenters. The third-order valence-electron chi connectivity index (χ3n) is 3.60. The predicted octanol–water partition coefficient (Wildman–Crippen LogP) is 0.0872. The summed E-state index contributed by atoms with van der Waals surface area (Å²) >= 11 is 0. The Labute approximate surface area is 128 Å². The Bertz CT molecular complexity index is 565. The molecule has 1 saturated heterocycles. The summed E-state index contributed by atoms with van der Waals surface area (Å²) in [6.07, 6.45) is 0. The van der Waals surface area contributed by atoms with E-state index >= 15 is 0 Å². The normalized spacial score (nSPS) is 17.2. The summed E-state index contributed by atoms with van der Waals surface area (Å²) in [5.74, 6) is -0.476. The maximum absolute atomic E-state index is 12.3. The van der Waals surface area contributed by atoms with Crippen LogP contribution in [-0.4, -0.2) is 64.4 Å². The molecule has 0 saturated carbocycles. The molecule has 2 heterocycles. The van der Waals surface area contributed by atoms with Crippen LogP contribution in [0.2, 0.25) is 0 Å². The predicted molar refractivity (Wildman–Crippen MR) is 78.8 cm³/mol. The van der Waals surface area contributed by atoms with Gasteiger partial charge in [-0.2, -0.15) is 5.10 Å². The second kappa shape index (κ2) is 6.84. The van der Waals surface area contributed by atoms with Gasteiger partial charge in [-0.3, -0.25) is 24.5 Å². The van der Waals surface area contributed by atoms with Crippen molar-refractivity contribution in [1.82, 2.24) is 20.0 Å². The van der Waals surface area contributed by atoms with Crippen molar-refractivity contribution < 1.29 is 14.5 Å². The summed E-state index contributed by atoms with van der Waals surface area (Å²) in [5.41, 5.74) is -0.0200. The highest BCUT2D eigenvalue weighted by Crippen LogP contribution is 2.22. The first-order valence-corrected chi connectivity index (χ1v) is 7.19. The molecule has 1 aromatic heterocycles. The molecule has 0 bridgehead atoms.